The molecule has 1 spiro atoms. The van der Waals surface area contributed by atoms with Crippen molar-refractivity contribution >= 4 is 71.1 Å². The third-order valence-corrected chi connectivity index (χ3v) is 14.2. The average molecular weight is 748 g/mol. The number of hydrogen-bond acceptors (Lipinski definition) is 3. The Morgan fingerprint density at radius 3 is 1.75 bits per heavy atom. The molecule has 0 unspecified atom stereocenters. The van der Waals surface area contributed by atoms with Gasteiger partial charge in [0.1, 0.15) is 0 Å². The van der Waals surface area contributed by atoms with Gasteiger partial charge in [-0.3, -0.25) is 0 Å². The Bertz CT molecular complexity index is 3130. The summed E-state index contributed by atoms with van der Waals surface area (Å²) in [5, 5.41) is 5.24. The van der Waals surface area contributed by atoms with E-state index in [9.17, 15) is 0 Å². The predicted octanol–water partition coefficient (Wildman–Crippen LogP) is 15.2. The van der Waals surface area contributed by atoms with E-state index in [1.54, 1.807) is 0 Å². The molecule has 2 aliphatic rings. The van der Waals surface area contributed by atoms with Crippen LogP contribution < -0.4 is 4.90 Å². The fraction of sp³-hybridized carbons (Fsp3) is 0.0189. The maximum absolute atomic E-state index is 2.51. The van der Waals surface area contributed by atoms with E-state index in [4.69, 9.17) is 0 Å². The Balaban J connectivity index is 1.18. The molecular weight excluding hydrogens is 715 g/mol. The van der Waals surface area contributed by atoms with Gasteiger partial charge in [0, 0.05) is 47.0 Å². The topological polar surface area (TPSA) is 3.24 Å². The number of rotatable bonds is 4. The first-order valence-electron chi connectivity index (χ1n) is 19.2. The number of hydrogen-bond donors (Lipinski definition) is 0. The third-order valence-electron chi connectivity index (χ3n) is 11.9. The van der Waals surface area contributed by atoms with Gasteiger partial charge in [0.25, 0.3) is 0 Å². The lowest BCUT2D eigenvalue weighted by Gasteiger charge is -2.46. The third kappa shape index (κ3) is 4.50. The van der Waals surface area contributed by atoms with Gasteiger partial charge in [-0.15, -0.1) is 11.3 Å². The minimum Gasteiger partial charge on any atom is -0.310 e. The summed E-state index contributed by atoms with van der Waals surface area (Å²) in [7, 11) is 0. The molecule has 1 aromatic heterocycles. The van der Waals surface area contributed by atoms with Gasteiger partial charge in [0.05, 0.1) is 5.41 Å². The maximum atomic E-state index is 2.51. The fourth-order valence-electron chi connectivity index (χ4n) is 9.63. The number of thiophene rings is 1. The highest BCUT2D eigenvalue weighted by atomic mass is 32.2. The Labute approximate surface area is 334 Å². The van der Waals surface area contributed by atoms with E-state index in [2.05, 4.69) is 205 Å². The van der Waals surface area contributed by atoms with Crippen LogP contribution in [0.15, 0.2) is 210 Å². The number of nitrogens with zero attached hydrogens (tertiary/aromatic N) is 1. The van der Waals surface area contributed by atoms with Crippen LogP contribution in [-0.4, -0.2) is 0 Å². The molecule has 3 heteroatoms. The van der Waals surface area contributed by atoms with Crippen LogP contribution in [0.25, 0.3) is 53.2 Å². The predicted molar refractivity (Wildman–Crippen MR) is 238 cm³/mol. The molecule has 0 N–H and O–H groups in total. The van der Waals surface area contributed by atoms with Gasteiger partial charge < -0.3 is 4.90 Å². The molecule has 10 aromatic rings. The van der Waals surface area contributed by atoms with E-state index in [0.717, 1.165) is 17.1 Å². The fourth-order valence-corrected chi connectivity index (χ4v) is 12.0. The van der Waals surface area contributed by atoms with E-state index in [0.29, 0.717) is 0 Å². The zero-order chi connectivity index (χ0) is 36.8. The van der Waals surface area contributed by atoms with E-state index < -0.39 is 5.41 Å². The molecule has 0 radical (unpaired) electrons. The summed E-state index contributed by atoms with van der Waals surface area (Å²) in [6.45, 7) is 0. The van der Waals surface area contributed by atoms with Crippen molar-refractivity contribution in [1.82, 2.24) is 0 Å². The lowest BCUT2D eigenvalue weighted by Crippen LogP contribution is -2.36. The summed E-state index contributed by atoms with van der Waals surface area (Å²) in [6, 6.07) is 74.7. The highest BCUT2D eigenvalue weighted by Crippen LogP contribution is 2.62. The van der Waals surface area contributed by atoms with E-state index >= 15 is 0 Å². The summed E-state index contributed by atoms with van der Waals surface area (Å²) in [5.74, 6) is 0. The summed E-state index contributed by atoms with van der Waals surface area (Å²) >= 11 is 3.76. The second-order valence-electron chi connectivity index (χ2n) is 14.8. The zero-order valence-electron chi connectivity index (χ0n) is 30.3. The molecule has 0 bridgehead atoms. The van der Waals surface area contributed by atoms with Gasteiger partial charge in [-0.25, -0.2) is 0 Å². The Morgan fingerprint density at radius 1 is 0.357 bits per heavy atom. The zero-order valence-corrected chi connectivity index (χ0v) is 31.9. The van der Waals surface area contributed by atoms with Gasteiger partial charge in [-0.05, 0) is 110 Å². The molecule has 0 saturated heterocycles. The lowest BCUT2D eigenvalue weighted by atomic mass is 9.59. The first-order chi connectivity index (χ1) is 27.8. The standard InChI is InChI=1S/C53H33NS2/c1-3-14-34(15-4-1)38-30-31-43-39-28-26-36(54(35-16-5-2-6-17-35)37-27-29-41-40-18-7-10-23-48(40)55-51(41)33-37)32-47(39)53(46-22-13-19-42(38)52(43)46)44-20-8-11-24-49(44)56-50-25-12-9-21-45(50)53/h1-33H. The van der Waals surface area contributed by atoms with Crippen LogP contribution >= 0.6 is 23.1 Å². The van der Waals surface area contributed by atoms with Crippen molar-refractivity contribution in [2.24, 2.45) is 0 Å². The SMILES string of the molecule is c1ccc(-c2ccc3c4c(cccc24)C2(c4ccccc4Sc4ccccc42)c2cc(N(c4ccccc4)c4ccc5c(c4)sc4ccccc45)ccc2-3)cc1. The first-order valence-corrected chi connectivity index (χ1v) is 20.8. The molecule has 2 heterocycles. The highest BCUT2D eigenvalue weighted by Gasteiger charge is 2.49. The highest BCUT2D eigenvalue weighted by molar-refractivity contribution is 7.99. The Morgan fingerprint density at radius 2 is 0.946 bits per heavy atom. The van der Waals surface area contributed by atoms with Gasteiger partial charge in [-0.2, -0.15) is 0 Å². The summed E-state index contributed by atoms with van der Waals surface area (Å²) < 4.78 is 2.61. The van der Waals surface area contributed by atoms with Crippen molar-refractivity contribution < 1.29 is 0 Å². The molecule has 0 amide bonds. The van der Waals surface area contributed by atoms with Crippen molar-refractivity contribution in [3.8, 4) is 22.3 Å². The quantitative estimate of drug-likeness (QED) is 0.176. The molecule has 1 aliphatic heterocycles. The van der Waals surface area contributed by atoms with Gasteiger partial charge in [0.2, 0.25) is 0 Å². The Kier molecular flexibility index (Phi) is 7.01. The number of fused-ring (bicyclic) bond motifs is 11. The molecule has 12 rings (SSSR count). The normalized spacial score (nSPS) is 13.4. The van der Waals surface area contributed by atoms with Crippen LogP contribution in [0.4, 0.5) is 17.1 Å². The van der Waals surface area contributed by atoms with Crippen LogP contribution in [0, 0.1) is 0 Å². The summed E-state index contributed by atoms with van der Waals surface area (Å²) in [4.78, 5) is 5.05. The Hall–Kier alpha value is -6.39. The van der Waals surface area contributed by atoms with E-state index in [1.807, 2.05) is 23.1 Å². The van der Waals surface area contributed by atoms with Crippen LogP contribution in [0.5, 0.6) is 0 Å². The monoisotopic (exact) mass is 747 g/mol. The average Bonchev–Trinajstić information content (AvgIpc) is 3.64. The van der Waals surface area contributed by atoms with Gasteiger partial charge in [0.15, 0.2) is 0 Å². The molecule has 262 valence electrons. The second-order valence-corrected chi connectivity index (χ2v) is 16.9. The molecule has 0 fully saturated rings. The van der Waals surface area contributed by atoms with Crippen molar-refractivity contribution in [1.29, 1.82) is 0 Å². The van der Waals surface area contributed by atoms with Crippen molar-refractivity contribution in [3.05, 3.63) is 222 Å². The van der Waals surface area contributed by atoms with E-state index in [1.165, 1.54) is 85.2 Å². The molecule has 56 heavy (non-hydrogen) atoms. The van der Waals surface area contributed by atoms with E-state index in [-0.39, 0.29) is 0 Å². The first kappa shape index (κ1) is 31.9. The lowest BCUT2D eigenvalue weighted by molar-refractivity contribution is 0.707. The molecule has 0 atom stereocenters. The minimum atomic E-state index is -0.552. The number of benzene rings is 9. The minimum absolute atomic E-state index is 0.552. The summed E-state index contributed by atoms with van der Waals surface area (Å²) in [5.41, 5.74) is 13.3. The molecule has 9 aromatic carbocycles. The van der Waals surface area contributed by atoms with Gasteiger partial charge >= 0.3 is 0 Å². The molecular formula is C53H33NS2. The van der Waals surface area contributed by atoms with Gasteiger partial charge in [-0.1, -0.05) is 157 Å². The molecule has 1 nitrogen and oxygen atoms in total. The van der Waals surface area contributed by atoms with Crippen molar-refractivity contribution in [2.45, 2.75) is 15.2 Å². The van der Waals surface area contributed by atoms with Crippen molar-refractivity contribution in [2.75, 3.05) is 4.90 Å². The van der Waals surface area contributed by atoms with Crippen LogP contribution in [-0.2, 0) is 5.41 Å². The largest absolute Gasteiger partial charge is 0.310 e. The second kappa shape index (κ2) is 12.3. The maximum Gasteiger partial charge on any atom is 0.0736 e. The van der Waals surface area contributed by atoms with Crippen LogP contribution in [0.3, 0.4) is 0 Å². The van der Waals surface area contributed by atoms with Crippen molar-refractivity contribution in [3.63, 3.8) is 0 Å². The molecule has 1 aliphatic carbocycles. The number of anilines is 3. The number of para-hydroxylation sites is 1. The smallest absolute Gasteiger partial charge is 0.0736 e. The van der Waals surface area contributed by atoms with Crippen LogP contribution in [0.2, 0.25) is 0 Å². The molecule has 0 saturated carbocycles. The summed E-state index contributed by atoms with van der Waals surface area (Å²) in [6.07, 6.45) is 0. The van der Waals surface area contributed by atoms with Crippen LogP contribution in [0.1, 0.15) is 22.3 Å².